The highest BCUT2D eigenvalue weighted by atomic mass is 16.3. The number of fused-ring (bicyclic) bond motifs is 1. The summed E-state index contributed by atoms with van der Waals surface area (Å²) in [5, 5.41) is 16.0. The van der Waals surface area contributed by atoms with Crippen molar-refractivity contribution in [1.29, 1.82) is 0 Å². The molecular weight excluding hydrogens is 252 g/mol. The fraction of sp³-hybridized carbons (Fsp3) is 0.562. The van der Waals surface area contributed by atoms with E-state index in [1.165, 1.54) is 0 Å². The lowest BCUT2D eigenvalue weighted by Crippen LogP contribution is -2.42. The van der Waals surface area contributed by atoms with Crippen molar-refractivity contribution in [2.75, 3.05) is 11.9 Å². The summed E-state index contributed by atoms with van der Waals surface area (Å²) in [5.41, 5.74) is 2.19. The van der Waals surface area contributed by atoms with Crippen LogP contribution in [0.4, 0.5) is 5.69 Å². The van der Waals surface area contributed by atoms with Crippen molar-refractivity contribution in [3.8, 4) is 0 Å². The van der Waals surface area contributed by atoms with Crippen LogP contribution in [0, 0.1) is 0 Å². The molecule has 0 aromatic heterocycles. The third-order valence-electron chi connectivity index (χ3n) is 4.44. The van der Waals surface area contributed by atoms with Gasteiger partial charge in [-0.3, -0.25) is 4.79 Å². The summed E-state index contributed by atoms with van der Waals surface area (Å²) in [5.74, 6) is 0.0969. The SMILES string of the molecule is O=C(NC1CCC(O)CC1)C1CCNc2ccccc21. The maximum atomic E-state index is 12.5. The average Bonchev–Trinajstić information content (AvgIpc) is 2.49. The van der Waals surface area contributed by atoms with Crippen molar-refractivity contribution in [3.05, 3.63) is 29.8 Å². The summed E-state index contributed by atoms with van der Waals surface area (Å²) < 4.78 is 0. The number of carbonyl (C=O) groups excluding carboxylic acids is 1. The number of aliphatic hydroxyl groups excluding tert-OH is 1. The quantitative estimate of drug-likeness (QED) is 0.773. The number of hydrogen-bond acceptors (Lipinski definition) is 3. The molecule has 1 aromatic carbocycles. The van der Waals surface area contributed by atoms with E-state index in [0.29, 0.717) is 0 Å². The molecule has 4 heteroatoms. The Hall–Kier alpha value is -1.55. The Morgan fingerprint density at radius 1 is 1.15 bits per heavy atom. The molecule has 1 aliphatic carbocycles. The first kappa shape index (κ1) is 13.4. The van der Waals surface area contributed by atoms with Gasteiger partial charge in [-0.05, 0) is 43.7 Å². The number of anilines is 1. The summed E-state index contributed by atoms with van der Waals surface area (Å²) in [6, 6.07) is 8.28. The molecule has 3 N–H and O–H groups in total. The van der Waals surface area contributed by atoms with Gasteiger partial charge in [0.25, 0.3) is 0 Å². The Morgan fingerprint density at radius 2 is 1.90 bits per heavy atom. The van der Waals surface area contributed by atoms with E-state index in [-0.39, 0.29) is 24.0 Å². The fourth-order valence-electron chi connectivity index (χ4n) is 3.26. The van der Waals surface area contributed by atoms with E-state index >= 15 is 0 Å². The van der Waals surface area contributed by atoms with E-state index in [4.69, 9.17) is 0 Å². The van der Waals surface area contributed by atoms with E-state index in [1.807, 2.05) is 24.3 Å². The molecule has 3 rings (SSSR count). The Labute approximate surface area is 119 Å². The second kappa shape index (κ2) is 5.83. The molecule has 1 unspecified atom stereocenters. The van der Waals surface area contributed by atoms with Gasteiger partial charge in [-0.1, -0.05) is 18.2 Å². The van der Waals surface area contributed by atoms with E-state index in [9.17, 15) is 9.90 Å². The molecule has 1 fully saturated rings. The molecule has 1 aliphatic heterocycles. The van der Waals surface area contributed by atoms with Crippen molar-refractivity contribution < 1.29 is 9.90 Å². The Bertz CT molecular complexity index is 481. The van der Waals surface area contributed by atoms with Crippen molar-refractivity contribution in [2.24, 2.45) is 0 Å². The van der Waals surface area contributed by atoms with Gasteiger partial charge >= 0.3 is 0 Å². The lowest BCUT2D eigenvalue weighted by Gasteiger charge is -2.30. The predicted octanol–water partition coefficient (Wildman–Crippen LogP) is 2.01. The minimum absolute atomic E-state index is 0.0423. The standard InChI is InChI=1S/C16H22N2O2/c19-12-7-5-11(6-8-12)18-16(20)14-9-10-17-15-4-2-1-3-13(14)15/h1-4,11-12,14,17,19H,5-10H2,(H,18,20). The number of hydrogen-bond donors (Lipinski definition) is 3. The molecule has 1 aromatic rings. The third kappa shape index (κ3) is 2.80. The second-order valence-electron chi connectivity index (χ2n) is 5.87. The molecule has 0 saturated heterocycles. The zero-order chi connectivity index (χ0) is 13.9. The van der Waals surface area contributed by atoms with E-state index < -0.39 is 0 Å². The zero-order valence-corrected chi connectivity index (χ0v) is 11.6. The highest BCUT2D eigenvalue weighted by molar-refractivity contribution is 5.86. The van der Waals surface area contributed by atoms with Gasteiger partial charge in [-0.2, -0.15) is 0 Å². The number of aliphatic hydroxyl groups is 1. The van der Waals surface area contributed by atoms with Gasteiger partial charge in [0, 0.05) is 18.3 Å². The van der Waals surface area contributed by atoms with Crippen molar-refractivity contribution >= 4 is 11.6 Å². The fourth-order valence-corrected chi connectivity index (χ4v) is 3.26. The smallest absolute Gasteiger partial charge is 0.227 e. The Morgan fingerprint density at radius 3 is 2.70 bits per heavy atom. The van der Waals surface area contributed by atoms with Gasteiger partial charge in [0.05, 0.1) is 12.0 Å². The molecule has 2 aliphatic rings. The van der Waals surface area contributed by atoms with Gasteiger partial charge in [0.15, 0.2) is 0 Å². The first-order chi connectivity index (χ1) is 9.74. The van der Waals surface area contributed by atoms with Gasteiger partial charge in [-0.15, -0.1) is 0 Å². The van der Waals surface area contributed by atoms with Crippen LogP contribution in [0.5, 0.6) is 0 Å². The Kier molecular flexibility index (Phi) is 3.92. The highest BCUT2D eigenvalue weighted by Crippen LogP contribution is 2.31. The lowest BCUT2D eigenvalue weighted by molar-refractivity contribution is -0.123. The molecule has 1 heterocycles. The highest BCUT2D eigenvalue weighted by Gasteiger charge is 2.28. The molecule has 0 bridgehead atoms. The molecular formula is C16H22N2O2. The zero-order valence-electron chi connectivity index (χ0n) is 11.6. The maximum absolute atomic E-state index is 12.5. The van der Waals surface area contributed by atoms with E-state index in [0.717, 1.165) is 49.9 Å². The van der Waals surface area contributed by atoms with Crippen molar-refractivity contribution in [2.45, 2.75) is 50.2 Å². The van der Waals surface area contributed by atoms with Crippen LogP contribution < -0.4 is 10.6 Å². The van der Waals surface area contributed by atoms with Crippen LogP contribution in [0.2, 0.25) is 0 Å². The topological polar surface area (TPSA) is 61.4 Å². The van der Waals surface area contributed by atoms with Crippen molar-refractivity contribution in [1.82, 2.24) is 5.32 Å². The molecule has 20 heavy (non-hydrogen) atoms. The lowest BCUT2D eigenvalue weighted by atomic mass is 9.88. The molecule has 1 amide bonds. The summed E-state index contributed by atoms with van der Waals surface area (Å²) in [6.45, 7) is 0.846. The Balaban J connectivity index is 1.66. The summed E-state index contributed by atoms with van der Waals surface area (Å²) in [7, 11) is 0. The van der Waals surface area contributed by atoms with Crippen molar-refractivity contribution in [3.63, 3.8) is 0 Å². The summed E-state index contributed by atoms with van der Waals surface area (Å²) >= 11 is 0. The van der Waals surface area contributed by atoms with Gasteiger partial charge < -0.3 is 15.7 Å². The van der Waals surface area contributed by atoms with Crippen LogP contribution >= 0.6 is 0 Å². The first-order valence-corrected chi connectivity index (χ1v) is 7.55. The van der Waals surface area contributed by atoms with Crippen LogP contribution in [-0.4, -0.2) is 29.7 Å². The number of carbonyl (C=O) groups is 1. The van der Waals surface area contributed by atoms with Crippen LogP contribution in [0.3, 0.4) is 0 Å². The molecule has 0 radical (unpaired) electrons. The second-order valence-corrected chi connectivity index (χ2v) is 5.87. The van der Waals surface area contributed by atoms with Gasteiger partial charge in [0.2, 0.25) is 5.91 Å². The largest absolute Gasteiger partial charge is 0.393 e. The molecule has 4 nitrogen and oxygen atoms in total. The normalized spacial score (nSPS) is 29.1. The molecule has 108 valence electrons. The number of benzene rings is 1. The molecule has 1 atom stereocenters. The number of rotatable bonds is 2. The maximum Gasteiger partial charge on any atom is 0.227 e. The average molecular weight is 274 g/mol. The third-order valence-corrected chi connectivity index (χ3v) is 4.44. The van der Waals surface area contributed by atoms with Gasteiger partial charge in [-0.25, -0.2) is 0 Å². The number of para-hydroxylation sites is 1. The minimum Gasteiger partial charge on any atom is -0.393 e. The number of amides is 1. The summed E-state index contributed by atoms with van der Waals surface area (Å²) in [6.07, 6.45) is 4.04. The molecule has 1 saturated carbocycles. The van der Waals surface area contributed by atoms with Crippen LogP contribution in [0.15, 0.2) is 24.3 Å². The minimum atomic E-state index is -0.178. The van der Waals surface area contributed by atoms with E-state index in [1.54, 1.807) is 0 Å². The summed E-state index contributed by atoms with van der Waals surface area (Å²) in [4.78, 5) is 12.5. The van der Waals surface area contributed by atoms with Crippen LogP contribution in [0.25, 0.3) is 0 Å². The van der Waals surface area contributed by atoms with Crippen LogP contribution in [0.1, 0.15) is 43.6 Å². The van der Waals surface area contributed by atoms with Gasteiger partial charge in [0.1, 0.15) is 0 Å². The number of nitrogens with one attached hydrogen (secondary N) is 2. The first-order valence-electron chi connectivity index (χ1n) is 7.55. The monoisotopic (exact) mass is 274 g/mol. The van der Waals surface area contributed by atoms with Crippen LogP contribution in [-0.2, 0) is 4.79 Å². The predicted molar refractivity (Wildman–Crippen MR) is 78.7 cm³/mol. The van der Waals surface area contributed by atoms with E-state index in [2.05, 4.69) is 10.6 Å². The molecule has 0 spiro atoms.